The summed E-state index contributed by atoms with van der Waals surface area (Å²) in [6.45, 7) is 3.87. The van der Waals surface area contributed by atoms with Crippen molar-refractivity contribution in [1.82, 2.24) is 0 Å². The van der Waals surface area contributed by atoms with Crippen LogP contribution in [0.5, 0.6) is 11.5 Å². The van der Waals surface area contributed by atoms with E-state index in [4.69, 9.17) is 10.5 Å². The van der Waals surface area contributed by atoms with Crippen molar-refractivity contribution >= 4 is 5.69 Å². The van der Waals surface area contributed by atoms with Gasteiger partial charge < -0.3 is 10.5 Å². The Morgan fingerprint density at radius 3 is 2.06 bits per heavy atom. The third-order valence-electron chi connectivity index (χ3n) is 2.52. The van der Waals surface area contributed by atoms with E-state index in [1.54, 1.807) is 12.1 Å². The first-order valence-electron chi connectivity index (χ1n) is 5.36. The first-order chi connectivity index (χ1) is 8.06. The van der Waals surface area contributed by atoms with Crippen molar-refractivity contribution in [1.29, 1.82) is 0 Å². The maximum Gasteiger partial charge on any atom is 0.133 e. The Labute approximate surface area is 99.8 Å². The van der Waals surface area contributed by atoms with Gasteiger partial charge >= 0.3 is 0 Å². The molecule has 88 valence electrons. The molecule has 0 aliphatic rings. The maximum atomic E-state index is 12.8. The minimum Gasteiger partial charge on any atom is -0.457 e. The molecule has 0 aliphatic carbocycles. The summed E-state index contributed by atoms with van der Waals surface area (Å²) in [5.74, 6) is 1.11. The van der Waals surface area contributed by atoms with Gasteiger partial charge in [-0.25, -0.2) is 4.39 Å². The van der Waals surface area contributed by atoms with Gasteiger partial charge in [0, 0.05) is 5.69 Å². The van der Waals surface area contributed by atoms with E-state index in [1.807, 2.05) is 26.0 Å². The number of aryl methyl sites for hydroxylation is 2. The van der Waals surface area contributed by atoms with Crippen molar-refractivity contribution < 1.29 is 9.13 Å². The van der Waals surface area contributed by atoms with E-state index in [0.717, 1.165) is 16.9 Å². The lowest BCUT2D eigenvalue weighted by Crippen LogP contribution is -1.94. The van der Waals surface area contributed by atoms with Crippen LogP contribution in [0.3, 0.4) is 0 Å². The van der Waals surface area contributed by atoms with Crippen molar-refractivity contribution in [2.24, 2.45) is 0 Å². The largest absolute Gasteiger partial charge is 0.457 e. The van der Waals surface area contributed by atoms with E-state index < -0.39 is 0 Å². The average molecular weight is 231 g/mol. The number of hydrogen-bond acceptors (Lipinski definition) is 2. The summed E-state index contributed by atoms with van der Waals surface area (Å²) in [5.41, 5.74) is 8.38. The molecule has 3 heteroatoms. The third kappa shape index (κ3) is 2.56. The van der Waals surface area contributed by atoms with Crippen LogP contribution < -0.4 is 10.5 Å². The molecule has 0 spiro atoms. The number of ether oxygens (including phenoxy) is 1. The Morgan fingerprint density at radius 1 is 1.00 bits per heavy atom. The SMILES string of the molecule is Cc1cc(N)cc(C)c1Oc1ccc(F)cc1. The molecule has 2 aromatic rings. The smallest absolute Gasteiger partial charge is 0.133 e. The van der Waals surface area contributed by atoms with Crippen LogP contribution in [0.1, 0.15) is 11.1 Å². The van der Waals surface area contributed by atoms with Crippen LogP contribution in [0.25, 0.3) is 0 Å². The van der Waals surface area contributed by atoms with Gasteiger partial charge in [0.1, 0.15) is 17.3 Å². The van der Waals surface area contributed by atoms with E-state index in [1.165, 1.54) is 12.1 Å². The zero-order chi connectivity index (χ0) is 12.4. The highest BCUT2D eigenvalue weighted by Crippen LogP contribution is 2.30. The molecule has 0 unspecified atom stereocenters. The van der Waals surface area contributed by atoms with Crippen molar-refractivity contribution in [3.05, 3.63) is 53.3 Å². The quantitative estimate of drug-likeness (QED) is 0.797. The number of rotatable bonds is 2. The van der Waals surface area contributed by atoms with Gasteiger partial charge in [-0.2, -0.15) is 0 Å². The van der Waals surface area contributed by atoms with Crippen LogP contribution in [0, 0.1) is 19.7 Å². The summed E-state index contributed by atoms with van der Waals surface area (Å²) in [7, 11) is 0. The van der Waals surface area contributed by atoms with Crippen LogP contribution >= 0.6 is 0 Å². The van der Waals surface area contributed by atoms with Gasteiger partial charge in [0.25, 0.3) is 0 Å². The molecule has 0 atom stereocenters. The molecule has 0 amide bonds. The van der Waals surface area contributed by atoms with Crippen molar-refractivity contribution in [2.45, 2.75) is 13.8 Å². The van der Waals surface area contributed by atoms with E-state index in [-0.39, 0.29) is 5.82 Å². The topological polar surface area (TPSA) is 35.2 Å². The van der Waals surface area contributed by atoms with Gasteiger partial charge in [0.2, 0.25) is 0 Å². The van der Waals surface area contributed by atoms with Crippen molar-refractivity contribution in [3.8, 4) is 11.5 Å². The second-order valence-electron chi connectivity index (χ2n) is 4.04. The molecule has 2 rings (SSSR count). The number of halogens is 1. The first-order valence-corrected chi connectivity index (χ1v) is 5.36. The molecule has 0 heterocycles. The minimum atomic E-state index is -0.275. The van der Waals surface area contributed by atoms with Gasteiger partial charge in [-0.05, 0) is 61.4 Å². The highest BCUT2D eigenvalue weighted by molar-refractivity contribution is 5.53. The molecular formula is C14H14FNO. The summed E-state index contributed by atoms with van der Waals surface area (Å²) in [6, 6.07) is 9.65. The predicted molar refractivity (Wildman–Crippen MR) is 66.8 cm³/mol. The normalized spacial score (nSPS) is 10.3. The number of anilines is 1. The highest BCUT2D eigenvalue weighted by Gasteiger charge is 2.06. The molecule has 0 bridgehead atoms. The summed E-state index contributed by atoms with van der Waals surface area (Å²) >= 11 is 0. The standard InChI is InChI=1S/C14H14FNO/c1-9-7-12(16)8-10(2)14(9)17-13-5-3-11(15)4-6-13/h3-8H,16H2,1-2H3. The monoisotopic (exact) mass is 231 g/mol. The van der Waals surface area contributed by atoms with E-state index >= 15 is 0 Å². The summed E-state index contributed by atoms with van der Waals surface area (Å²) in [5, 5.41) is 0. The van der Waals surface area contributed by atoms with Crippen LogP contribution in [-0.4, -0.2) is 0 Å². The molecule has 0 saturated carbocycles. The fourth-order valence-electron chi connectivity index (χ4n) is 1.77. The average Bonchev–Trinajstić information content (AvgIpc) is 2.26. The molecule has 0 aromatic heterocycles. The number of hydrogen-bond donors (Lipinski definition) is 1. The fourth-order valence-corrected chi connectivity index (χ4v) is 1.77. The Bertz CT molecular complexity index is 511. The van der Waals surface area contributed by atoms with Crippen molar-refractivity contribution in [3.63, 3.8) is 0 Å². The predicted octanol–water partition coefficient (Wildman–Crippen LogP) is 3.82. The number of nitrogens with two attached hydrogens (primary N) is 1. The van der Waals surface area contributed by atoms with Gasteiger partial charge in [0.05, 0.1) is 0 Å². The Hall–Kier alpha value is -2.03. The van der Waals surface area contributed by atoms with E-state index in [9.17, 15) is 4.39 Å². The lowest BCUT2D eigenvalue weighted by Gasteiger charge is -2.12. The minimum absolute atomic E-state index is 0.275. The Balaban J connectivity index is 2.33. The molecule has 2 nitrogen and oxygen atoms in total. The Morgan fingerprint density at radius 2 is 1.53 bits per heavy atom. The van der Waals surface area contributed by atoms with Crippen LogP contribution in [0.15, 0.2) is 36.4 Å². The lowest BCUT2D eigenvalue weighted by molar-refractivity contribution is 0.473. The van der Waals surface area contributed by atoms with Crippen LogP contribution in [0.2, 0.25) is 0 Å². The molecule has 0 radical (unpaired) electrons. The van der Waals surface area contributed by atoms with Crippen molar-refractivity contribution in [2.75, 3.05) is 5.73 Å². The second-order valence-corrected chi connectivity index (χ2v) is 4.04. The van der Waals surface area contributed by atoms with E-state index in [0.29, 0.717) is 11.4 Å². The molecule has 0 aliphatic heterocycles. The molecule has 2 N–H and O–H groups in total. The molecule has 0 fully saturated rings. The van der Waals surface area contributed by atoms with E-state index in [2.05, 4.69) is 0 Å². The molecular weight excluding hydrogens is 217 g/mol. The van der Waals surface area contributed by atoms with Gasteiger partial charge in [-0.15, -0.1) is 0 Å². The zero-order valence-corrected chi connectivity index (χ0v) is 9.83. The van der Waals surface area contributed by atoms with Gasteiger partial charge in [-0.1, -0.05) is 0 Å². The summed E-state index contributed by atoms with van der Waals surface area (Å²) in [6.07, 6.45) is 0. The van der Waals surface area contributed by atoms with Gasteiger partial charge in [-0.3, -0.25) is 0 Å². The fraction of sp³-hybridized carbons (Fsp3) is 0.143. The molecule has 2 aromatic carbocycles. The number of benzene rings is 2. The maximum absolute atomic E-state index is 12.8. The Kier molecular flexibility index (Phi) is 3.00. The number of nitrogen functional groups attached to an aromatic ring is 1. The van der Waals surface area contributed by atoms with Gasteiger partial charge in [0.15, 0.2) is 0 Å². The molecule has 17 heavy (non-hydrogen) atoms. The summed E-state index contributed by atoms with van der Waals surface area (Å²) < 4.78 is 18.5. The highest BCUT2D eigenvalue weighted by atomic mass is 19.1. The lowest BCUT2D eigenvalue weighted by atomic mass is 10.1. The molecule has 0 saturated heterocycles. The second kappa shape index (κ2) is 4.45. The zero-order valence-electron chi connectivity index (χ0n) is 9.83. The van der Waals surface area contributed by atoms with Crippen LogP contribution in [0.4, 0.5) is 10.1 Å². The first kappa shape index (κ1) is 11.5. The summed E-state index contributed by atoms with van der Waals surface area (Å²) in [4.78, 5) is 0. The third-order valence-corrected chi connectivity index (χ3v) is 2.52. The van der Waals surface area contributed by atoms with Crippen LogP contribution in [-0.2, 0) is 0 Å².